The highest BCUT2D eigenvalue weighted by Gasteiger charge is 2.40. The van der Waals surface area contributed by atoms with Gasteiger partial charge in [-0.15, -0.1) is 0 Å². The highest BCUT2D eigenvalue weighted by atomic mass is 32.1. The van der Waals surface area contributed by atoms with Gasteiger partial charge in [0.05, 0.1) is 17.8 Å². The molecule has 132 valence electrons. The normalized spacial score (nSPS) is 19.8. The first-order valence-electron chi connectivity index (χ1n) is 8.88. The fraction of sp³-hybridized carbons (Fsp3) is 0.238. The highest BCUT2D eigenvalue weighted by molar-refractivity contribution is 7.80. The Hall–Kier alpha value is -2.66. The Balaban J connectivity index is 1.81. The van der Waals surface area contributed by atoms with E-state index in [0.717, 1.165) is 16.5 Å². The van der Waals surface area contributed by atoms with Crippen LogP contribution >= 0.6 is 12.2 Å². The van der Waals surface area contributed by atoms with Gasteiger partial charge in [-0.1, -0.05) is 24.3 Å². The number of pyridine rings is 1. The van der Waals surface area contributed by atoms with Crippen molar-refractivity contribution in [1.29, 1.82) is 0 Å². The van der Waals surface area contributed by atoms with Gasteiger partial charge >= 0.3 is 0 Å². The summed E-state index contributed by atoms with van der Waals surface area (Å²) < 4.78 is 2.23. The molecule has 1 N–H and O–H groups in total. The van der Waals surface area contributed by atoms with Crippen LogP contribution in [0.5, 0.6) is 0 Å². The second-order valence-electron chi connectivity index (χ2n) is 6.82. The summed E-state index contributed by atoms with van der Waals surface area (Å²) in [4.78, 5) is 6.79. The maximum absolute atomic E-state index is 5.72. The smallest absolute Gasteiger partial charge is 0.174 e. The summed E-state index contributed by atoms with van der Waals surface area (Å²) in [5.74, 6) is 0. The molecule has 0 bridgehead atoms. The van der Waals surface area contributed by atoms with Crippen LogP contribution in [0.15, 0.2) is 73.2 Å². The molecule has 2 atom stereocenters. The highest BCUT2D eigenvalue weighted by Crippen LogP contribution is 2.41. The van der Waals surface area contributed by atoms with Gasteiger partial charge in [0, 0.05) is 30.3 Å². The molecule has 5 heteroatoms. The molecule has 1 saturated heterocycles. The number of para-hydroxylation sites is 1. The fourth-order valence-electron chi connectivity index (χ4n) is 3.49. The van der Waals surface area contributed by atoms with E-state index in [1.165, 1.54) is 5.56 Å². The molecule has 0 aliphatic carbocycles. The van der Waals surface area contributed by atoms with Crippen LogP contribution < -0.4 is 10.2 Å². The first-order valence-corrected chi connectivity index (χ1v) is 9.29. The molecule has 1 aliphatic rings. The Bertz CT molecular complexity index is 889. The van der Waals surface area contributed by atoms with Crippen molar-refractivity contribution in [3.8, 4) is 0 Å². The van der Waals surface area contributed by atoms with Crippen LogP contribution in [0.3, 0.4) is 0 Å². The van der Waals surface area contributed by atoms with Crippen LogP contribution in [0.1, 0.15) is 43.2 Å². The summed E-state index contributed by atoms with van der Waals surface area (Å²) in [7, 11) is 0. The average Bonchev–Trinajstić information content (AvgIpc) is 3.28. The van der Waals surface area contributed by atoms with Crippen molar-refractivity contribution in [2.24, 2.45) is 0 Å². The molecule has 1 aliphatic heterocycles. The number of thiocarbonyl (C=S) groups is 1. The topological polar surface area (TPSA) is 33.1 Å². The fourth-order valence-corrected chi connectivity index (χ4v) is 3.83. The van der Waals surface area contributed by atoms with Gasteiger partial charge in [-0.05, 0) is 62.0 Å². The van der Waals surface area contributed by atoms with E-state index < -0.39 is 0 Å². The van der Waals surface area contributed by atoms with E-state index in [1.54, 1.807) is 0 Å². The number of hydrogen-bond donors (Lipinski definition) is 1. The van der Waals surface area contributed by atoms with Crippen molar-refractivity contribution >= 4 is 23.0 Å². The molecule has 2 aromatic heterocycles. The van der Waals surface area contributed by atoms with Crippen molar-refractivity contribution in [1.82, 2.24) is 14.9 Å². The molecule has 4 rings (SSSR count). The molecule has 0 saturated carbocycles. The van der Waals surface area contributed by atoms with Crippen LogP contribution in [0.2, 0.25) is 0 Å². The summed E-state index contributed by atoms with van der Waals surface area (Å²) in [6.07, 6.45) is 6.19. The molecule has 3 aromatic rings. The van der Waals surface area contributed by atoms with Crippen molar-refractivity contribution in [3.05, 3.63) is 84.4 Å². The summed E-state index contributed by atoms with van der Waals surface area (Å²) in [5.41, 5.74) is 3.31. The molecule has 1 aromatic carbocycles. The number of hydrogen-bond acceptors (Lipinski definition) is 2. The summed E-state index contributed by atoms with van der Waals surface area (Å²) in [6.45, 7) is 4.37. The molecule has 26 heavy (non-hydrogen) atoms. The minimum absolute atomic E-state index is 0.00641. The minimum Gasteiger partial charge on any atom is -0.351 e. The minimum atomic E-state index is 0.00641. The monoisotopic (exact) mass is 362 g/mol. The lowest BCUT2D eigenvalue weighted by molar-refractivity contribution is 0.560. The Morgan fingerprint density at radius 1 is 1.04 bits per heavy atom. The molecule has 4 nitrogen and oxygen atoms in total. The van der Waals surface area contributed by atoms with Crippen LogP contribution in [-0.2, 0) is 0 Å². The van der Waals surface area contributed by atoms with E-state index in [0.29, 0.717) is 6.04 Å². The Labute approximate surface area is 159 Å². The van der Waals surface area contributed by atoms with Crippen molar-refractivity contribution < 1.29 is 0 Å². The van der Waals surface area contributed by atoms with E-state index in [9.17, 15) is 0 Å². The SMILES string of the molecule is CC(C)n1ccc(C2C(c3ccccn3)NC(=S)N2c2ccccc2)c1. The molecule has 0 spiro atoms. The standard InChI is InChI=1S/C21H22N4S/c1-15(2)24-13-11-16(14-24)20-19(18-10-6-7-12-22-18)23-21(26)25(20)17-8-4-3-5-9-17/h3-15,19-20H,1-2H3,(H,23,26). The van der Waals surface area contributed by atoms with Gasteiger partial charge in [0.2, 0.25) is 0 Å². The first-order chi connectivity index (χ1) is 12.6. The maximum atomic E-state index is 5.72. The molecule has 0 radical (unpaired) electrons. The predicted molar refractivity (Wildman–Crippen MR) is 109 cm³/mol. The van der Waals surface area contributed by atoms with Gasteiger partial charge < -0.3 is 14.8 Å². The number of aromatic nitrogens is 2. The van der Waals surface area contributed by atoms with Crippen LogP contribution in [0.25, 0.3) is 0 Å². The van der Waals surface area contributed by atoms with Gasteiger partial charge in [-0.25, -0.2) is 0 Å². The van der Waals surface area contributed by atoms with E-state index in [1.807, 2.05) is 36.5 Å². The van der Waals surface area contributed by atoms with Crippen molar-refractivity contribution in [2.75, 3.05) is 4.90 Å². The van der Waals surface area contributed by atoms with Gasteiger partial charge in [0.15, 0.2) is 5.11 Å². The lowest BCUT2D eigenvalue weighted by Crippen LogP contribution is -2.29. The van der Waals surface area contributed by atoms with Gasteiger partial charge in [0.1, 0.15) is 0 Å². The van der Waals surface area contributed by atoms with Crippen molar-refractivity contribution in [3.63, 3.8) is 0 Å². The lowest BCUT2D eigenvalue weighted by atomic mass is 9.98. The summed E-state index contributed by atoms with van der Waals surface area (Å²) >= 11 is 5.72. The summed E-state index contributed by atoms with van der Waals surface area (Å²) in [6, 6.07) is 19.0. The number of benzene rings is 1. The van der Waals surface area contributed by atoms with Crippen molar-refractivity contribution in [2.45, 2.75) is 32.0 Å². The third-order valence-electron chi connectivity index (χ3n) is 4.81. The van der Waals surface area contributed by atoms with Gasteiger partial charge in [-0.3, -0.25) is 4.98 Å². The lowest BCUT2D eigenvalue weighted by Gasteiger charge is -2.27. The average molecular weight is 363 g/mol. The van der Waals surface area contributed by atoms with E-state index in [4.69, 9.17) is 12.2 Å². The van der Waals surface area contributed by atoms with Crippen LogP contribution in [0, 0.1) is 0 Å². The molecule has 0 amide bonds. The van der Waals surface area contributed by atoms with E-state index in [2.05, 4.69) is 70.3 Å². The third kappa shape index (κ3) is 2.99. The zero-order valence-electron chi connectivity index (χ0n) is 14.9. The van der Waals surface area contributed by atoms with Crippen LogP contribution in [0.4, 0.5) is 5.69 Å². The third-order valence-corrected chi connectivity index (χ3v) is 5.12. The number of anilines is 1. The number of nitrogens with one attached hydrogen (secondary N) is 1. The zero-order chi connectivity index (χ0) is 18.1. The van der Waals surface area contributed by atoms with E-state index in [-0.39, 0.29) is 12.1 Å². The number of nitrogens with zero attached hydrogens (tertiary/aromatic N) is 3. The first kappa shape index (κ1) is 16.8. The van der Waals surface area contributed by atoms with Crippen LogP contribution in [-0.4, -0.2) is 14.7 Å². The molecular formula is C21H22N4S. The summed E-state index contributed by atoms with van der Waals surface area (Å²) in [5, 5.41) is 4.22. The Morgan fingerprint density at radius 2 is 1.81 bits per heavy atom. The molecule has 1 fully saturated rings. The number of rotatable bonds is 4. The Morgan fingerprint density at radius 3 is 2.46 bits per heavy atom. The Kier molecular flexibility index (Phi) is 4.47. The maximum Gasteiger partial charge on any atom is 0.174 e. The van der Waals surface area contributed by atoms with E-state index >= 15 is 0 Å². The van der Waals surface area contributed by atoms with Gasteiger partial charge in [-0.2, -0.15) is 0 Å². The second-order valence-corrected chi connectivity index (χ2v) is 7.20. The quantitative estimate of drug-likeness (QED) is 0.686. The predicted octanol–water partition coefficient (Wildman–Crippen LogP) is 4.64. The largest absolute Gasteiger partial charge is 0.351 e. The van der Waals surface area contributed by atoms with Gasteiger partial charge in [0.25, 0.3) is 0 Å². The zero-order valence-corrected chi connectivity index (χ0v) is 15.7. The molecule has 3 heterocycles. The molecule has 2 unspecified atom stereocenters. The second kappa shape index (κ2) is 6.92. The molecular weight excluding hydrogens is 340 g/mol.